The molecule has 0 saturated carbocycles. The van der Waals surface area contributed by atoms with Crippen molar-refractivity contribution in [1.29, 1.82) is 0 Å². The van der Waals surface area contributed by atoms with Gasteiger partial charge in [0.2, 0.25) is 0 Å². The quantitative estimate of drug-likeness (QED) is 0.150. The van der Waals surface area contributed by atoms with Crippen molar-refractivity contribution in [1.82, 2.24) is 0 Å². The summed E-state index contributed by atoms with van der Waals surface area (Å²) in [6.07, 6.45) is 0. The first kappa shape index (κ1) is 44.9. The van der Waals surface area contributed by atoms with Gasteiger partial charge < -0.3 is 9.80 Å². The molecule has 358 valence electrons. The second-order valence-electron chi connectivity index (χ2n) is 21.5. The van der Waals surface area contributed by atoms with E-state index in [2.05, 4.69) is 270 Å². The average Bonchev–Trinajstić information content (AvgIpc) is 4.28. The molecule has 0 fully saturated rings. The lowest BCUT2D eigenvalue weighted by molar-refractivity contribution is 0.563. The normalized spacial score (nSPS) is 14.0. The molecule has 0 bridgehead atoms. The number of hydrogen-bond donors (Lipinski definition) is 0. The molecule has 0 saturated heterocycles. The van der Waals surface area contributed by atoms with E-state index in [1.165, 1.54) is 119 Å². The second kappa shape index (κ2) is 16.9. The summed E-state index contributed by atoms with van der Waals surface area (Å²) in [5.41, 5.74) is 19.6. The second-order valence-corrected chi connectivity index (χ2v) is 23.6. The lowest BCUT2D eigenvalue weighted by Crippen LogP contribution is -2.40. The van der Waals surface area contributed by atoms with Crippen molar-refractivity contribution in [3.63, 3.8) is 0 Å². The maximum atomic E-state index is 2.57. The fourth-order valence-electron chi connectivity index (χ4n) is 13.2. The smallest absolute Gasteiger partial charge is 0.0719 e. The van der Waals surface area contributed by atoms with Crippen LogP contribution in [0.1, 0.15) is 97.9 Å². The Labute approximate surface area is 442 Å². The Balaban J connectivity index is 1.09. The van der Waals surface area contributed by atoms with E-state index in [1.807, 2.05) is 22.7 Å². The van der Waals surface area contributed by atoms with Gasteiger partial charge in [-0.2, -0.15) is 0 Å². The van der Waals surface area contributed by atoms with Gasteiger partial charge in [-0.1, -0.05) is 199 Å². The molecule has 2 aromatic heterocycles. The highest BCUT2D eigenvalue weighted by molar-refractivity contribution is 7.26. The summed E-state index contributed by atoms with van der Waals surface area (Å²) in [7, 11) is 0. The van der Waals surface area contributed by atoms with Crippen LogP contribution in [0.4, 0.5) is 34.1 Å². The molecule has 12 aromatic rings. The third kappa shape index (κ3) is 6.41. The standard InChI is InChI=1S/C70H56N2S2/c1-43(2)47-21-7-15-31-61(47)71(63-33-19-25-51-49-23-9-17-35-65(49)73-67(51)63)45-37-39-55-53(41-45)54-42-46(38-40-56(54)70(55)59-29-13-11-27-57(59)69(5,6)58-28-12-14-30-60(58)70)72(62-32-16-8-22-48(62)44(3)4)64-34-20-26-52-50-24-10-18-36-66(50)74-68(52)64/h7-44H,1-6H3. The Hall–Kier alpha value is -7.76. The SMILES string of the molecule is CC(C)c1ccccc1N(c1ccc2c(c1)-c1cc(N(c3ccccc3C(C)C)c3cccc4c3sc3ccccc34)ccc1C21c2ccccc2C(C)(C)c2ccccc21)c1cccc2c1sc1ccccc12. The van der Waals surface area contributed by atoms with Gasteiger partial charge in [0.1, 0.15) is 0 Å². The zero-order valence-corrected chi connectivity index (χ0v) is 44.3. The van der Waals surface area contributed by atoms with E-state index in [9.17, 15) is 0 Å². The van der Waals surface area contributed by atoms with Crippen LogP contribution in [-0.4, -0.2) is 0 Å². The van der Waals surface area contributed by atoms with Crippen LogP contribution in [-0.2, 0) is 10.8 Å². The Bertz CT molecular complexity index is 3950. The van der Waals surface area contributed by atoms with Gasteiger partial charge in [-0.25, -0.2) is 0 Å². The predicted molar refractivity (Wildman–Crippen MR) is 319 cm³/mol. The Kier molecular flexibility index (Phi) is 10.3. The van der Waals surface area contributed by atoms with Gasteiger partial charge >= 0.3 is 0 Å². The molecule has 10 aromatic carbocycles. The molecular weight excluding hydrogens is 933 g/mol. The summed E-state index contributed by atoms with van der Waals surface area (Å²) in [6.45, 7) is 14.1. The van der Waals surface area contributed by atoms with Crippen molar-refractivity contribution < 1.29 is 0 Å². The molecule has 0 atom stereocenters. The largest absolute Gasteiger partial charge is 0.309 e. The lowest BCUT2D eigenvalue weighted by atomic mass is 9.55. The fraction of sp³-hybridized carbons (Fsp3) is 0.143. The van der Waals surface area contributed by atoms with Crippen molar-refractivity contribution in [2.45, 2.75) is 64.2 Å². The molecule has 14 rings (SSSR count). The molecule has 4 heteroatoms. The first-order valence-electron chi connectivity index (χ1n) is 26.2. The van der Waals surface area contributed by atoms with Gasteiger partial charge in [-0.15, -0.1) is 22.7 Å². The van der Waals surface area contributed by atoms with E-state index in [0.717, 1.165) is 11.4 Å². The molecule has 74 heavy (non-hydrogen) atoms. The van der Waals surface area contributed by atoms with Crippen LogP contribution in [0.2, 0.25) is 0 Å². The Morgan fingerprint density at radius 2 is 0.703 bits per heavy atom. The van der Waals surface area contributed by atoms with Crippen molar-refractivity contribution >= 4 is 97.1 Å². The van der Waals surface area contributed by atoms with Gasteiger partial charge in [0.25, 0.3) is 0 Å². The van der Waals surface area contributed by atoms with Gasteiger partial charge in [-0.3, -0.25) is 0 Å². The minimum absolute atomic E-state index is 0.207. The average molecular weight is 989 g/mol. The monoisotopic (exact) mass is 988 g/mol. The summed E-state index contributed by atoms with van der Waals surface area (Å²) in [5, 5.41) is 5.19. The molecule has 2 heterocycles. The van der Waals surface area contributed by atoms with Crippen molar-refractivity contribution in [3.05, 3.63) is 263 Å². The van der Waals surface area contributed by atoms with Crippen LogP contribution in [0.15, 0.2) is 218 Å². The van der Waals surface area contributed by atoms with E-state index < -0.39 is 5.41 Å². The van der Waals surface area contributed by atoms with Gasteiger partial charge in [0.05, 0.1) is 26.2 Å². The van der Waals surface area contributed by atoms with E-state index in [0.29, 0.717) is 11.8 Å². The maximum Gasteiger partial charge on any atom is 0.0719 e. The Morgan fingerprint density at radius 1 is 0.338 bits per heavy atom. The molecule has 1 spiro atoms. The first-order valence-corrected chi connectivity index (χ1v) is 27.9. The van der Waals surface area contributed by atoms with Crippen molar-refractivity contribution in [2.75, 3.05) is 9.80 Å². The number of anilines is 6. The third-order valence-electron chi connectivity index (χ3n) is 16.5. The lowest BCUT2D eigenvalue weighted by Gasteiger charge is -2.46. The van der Waals surface area contributed by atoms with Gasteiger partial charge in [0.15, 0.2) is 0 Å². The third-order valence-corrected chi connectivity index (χ3v) is 18.9. The number of benzene rings is 10. The predicted octanol–water partition coefficient (Wildman–Crippen LogP) is 20.6. The fourth-order valence-corrected chi connectivity index (χ4v) is 15.6. The van der Waals surface area contributed by atoms with E-state index in [1.54, 1.807) is 0 Å². The van der Waals surface area contributed by atoms with Crippen molar-refractivity contribution in [2.24, 2.45) is 0 Å². The van der Waals surface area contributed by atoms with Crippen LogP contribution >= 0.6 is 22.7 Å². The van der Waals surface area contributed by atoms with E-state index in [-0.39, 0.29) is 5.41 Å². The molecule has 0 amide bonds. The van der Waals surface area contributed by atoms with Gasteiger partial charge in [0, 0.05) is 59.1 Å². The van der Waals surface area contributed by atoms with Crippen LogP contribution in [0.25, 0.3) is 51.5 Å². The van der Waals surface area contributed by atoms with Crippen LogP contribution in [0, 0.1) is 0 Å². The summed E-state index contributed by atoms with van der Waals surface area (Å²) < 4.78 is 5.19. The number of para-hydroxylation sites is 2. The highest BCUT2D eigenvalue weighted by Gasteiger charge is 2.53. The number of fused-ring (bicyclic) bond motifs is 15. The zero-order chi connectivity index (χ0) is 50.0. The minimum Gasteiger partial charge on any atom is -0.309 e. The van der Waals surface area contributed by atoms with Crippen LogP contribution < -0.4 is 9.80 Å². The number of hydrogen-bond acceptors (Lipinski definition) is 4. The topological polar surface area (TPSA) is 6.48 Å². The molecule has 0 radical (unpaired) electrons. The molecule has 2 aliphatic carbocycles. The molecule has 0 unspecified atom stereocenters. The molecular formula is C70H56N2S2. The summed E-state index contributed by atoms with van der Waals surface area (Å²) in [4.78, 5) is 5.14. The number of nitrogens with zero attached hydrogens (tertiary/aromatic N) is 2. The number of thiophene rings is 2. The van der Waals surface area contributed by atoms with Crippen molar-refractivity contribution in [3.8, 4) is 11.1 Å². The Morgan fingerprint density at radius 3 is 1.15 bits per heavy atom. The first-order chi connectivity index (χ1) is 36.1. The summed E-state index contributed by atoms with van der Waals surface area (Å²) >= 11 is 3.79. The summed E-state index contributed by atoms with van der Waals surface area (Å²) in [6, 6.07) is 83.2. The molecule has 2 aliphatic rings. The van der Waals surface area contributed by atoms with E-state index >= 15 is 0 Å². The maximum absolute atomic E-state index is 2.57. The minimum atomic E-state index is -0.567. The highest BCUT2D eigenvalue weighted by Crippen LogP contribution is 2.64. The molecule has 0 aliphatic heterocycles. The van der Waals surface area contributed by atoms with Crippen LogP contribution in [0.5, 0.6) is 0 Å². The summed E-state index contributed by atoms with van der Waals surface area (Å²) in [5.74, 6) is 0.611. The highest BCUT2D eigenvalue weighted by atomic mass is 32.1. The number of rotatable bonds is 8. The molecule has 2 nitrogen and oxygen atoms in total. The van der Waals surface area contributed by atoms with Gasteiger partial charge in [-0.05, 0) is 128 Å². The molecule has 0 N–H and O–H groups in total. The van der Waals surface area contributed by atoms with E-state index in [4.69, 9.17) is 0 Å². The van der Waals surface area contributed by atoms with Crippen LogP contribution in [0.3, 0.4) is 0 Å². The zero-order valence-electron chi connectivity index (χ0n) is 42.7.